The number of ether oxygens (including phenoxy) is 1. The maximum absolute atomic E-state index is 12.2. The van der Waals surface area contributed by atoms with Crippen molar-refractivity contribution in [2.45, 2.75) is 39.0 Å². The summed E-state index contributed by atoms with van der Waals surface area (Å²) in [5.74, 6) is 0.432. The van der Waals surface area contributed by atoms with Gasteiger partial charge in [0.25, 0.3) is 0 Å². The minimum absolute atomic E-state index is 0.0412. The van der Waals surface area contributed by atoms with Crippen molar-refractivity contribution < 1.29 is 19.4 Å². The van der Waals surface area contributed by atoms with Crippen molar-refractivity contribution >= 4 is 17.6 Å². The second kappa shape index (κ2) is 7.29. The predicted molar refractivity (Wildman–Crippen MR) is 84.3 cm³/mol. The Hall–Kier alpha value is -2.04. The Morgan fingerprint density at radius 2 is 2.14 bits per heavy atom. The molecule has 0 spiro atoms. The van der Waals surface area contributed by atoms with Crippen LogP contribution in [0.5, 0.6) is 5.75 Å². The van der Waals surface area contributed by atoms with Crippen LogP contribution < -0.4 is 10.1 Å². The zero-order valence-electron chi connectivity index (χ0n) is 13.1. The summed E-state index contributed by atoms with van der Waals surface area (Å²) in [5.41, 5.74) is 0.650. The molecule has 0 bridgehead atoms. The van der Waals surface area contributed by atoms with Gasteiger partial charge in [0.2, 0.25) is 5.91 Å². The van der Waals surface area contributed by atoms with Gasteiger partial charge in [-0.25, -0.2) is 4.79 Å². The molecule has 1 fully saturated rings. The van der Waals surface area contributed by atoms with Crippen molar-refractivity contribution in [3.8, 4) is 5.75 Å². The van der Waals surface area contributed by atoms with E-state index in [4.69, 9.17) is 9.84 Å². The molecule has 120 valence electrons. The maximum Gasteiger partial charge on any atom is 0.335 e. The Morgan fingerprint density at radius 1 is 1.36 bits per heavy atom. The van der Waals surface area contributed by atoms with E-state index in [1.807, 2.05) is 0 Å². The van der Waals surface area contributed by atoms with Gasteiger partial charge in [0.15, 0.2) is 0 Å². The summed E-state index contributed by atoms with van der Waals surface area (Å²) in [4.78, 5) is 23.1. The average Bonchev–Trinajstić information content (AvgIpc) is 2.47. The lowest BCUT2D eigenvalue weighted by Crippen LogP contribution is -2.21. The average molecular weight is 305 g/mol. The molecule has 1 aliphatic carbocycles. The molecule has 1 saturated carbocycles. The molecule has 0 radical (unpaired) electrons. The Morgan fingerprint density at radius 3 is 2.77 bits per heavy atom. The highest BCUT2D eigenvalue weighted by Crippen LogP contribution is 2.31. The summed E-state index contributed by atoms with van der Waals surface area (Å²) in [6.07, 6.45) is 5.15. The molecule has 1 aliphatic rings. The zero-order valence-corrected chi connectivity index (χ0v) is 13.1. The first kappa shape index (κ1) is 16.3. The van der Waals surface area contributed by atoms with Crippen LogP contribution in [-0.4, -0.2) is 24.1 Å². The van der Waals surface area contributed by atoms with E-state index in [0.717, 1.165) is 12.8 Å². The molecule has 1 aromatic carbocycles. The number of anilines is 1. The van der Waals surface area contributed by atoms with Crippen molar-refractivity contribution in [2.75, 3.05) is 12.4 Å². The van der Waals surface area contributed by atoms with Gasteiger partial charge in [-0.2, -0.15) is 0 Å². The SMILES string of the molecule is COc1cc(C(=O)O)ccc1NC(=O)CC1CCCC(C)C1. The van der Waals surface area contributed by atoms with Gasteiger partial charge in [0.1, 0.15) is 5.75 Å². The second-order valence-corrected chi connectivity index (χ2v) is 6.11. The Labute approximate surface area is 130 Å². The van der Waals surface area contributed by atoms with Gasteiger partial charge in [0, 0.05) is 6.42 Å². The summed E-state index contributed by atoms with van der Waals surface area (Å²) in [6.45, 7) is 2.23. The van der Waals surface area contributed by atoms with Crippen LogP contribution in [0.4, 0.5) is 5.69 Å². The van der Waals surface area contributed by atoms with E-state index in [1.165, 1.54) is 32.1 Å². The summed E-state index contributed by atoms with van der Waals surface area (Å²) in [7, 11) is 1.46. The van der Waals surface area contributed by atoms with E-state index in [2.05, 4.69) is 12.2 Å². The minimum atomic E-state index is -1.02. The number of hydrogen-bond acceptors (Lipinski definition) is 3. The summed E-state index contributed by atoms with van der Waals surface area (Å²) in [6, 6.07) is 4.45. The third-order valence-electron chi connectivity index (χ3n) is 4.24. The maximum atomic E-state index is 12.2. The number of methoxy groups -OCH3 is 1. The molecule has 5 nitrogen and oxygen atoms in total. The van der Waals surface area contributed by atoms with Gasteiger partial charge in [-0.05, 0) is 42.9 Å². The fourth-order valence-corrected chi connectivity index (χ4v) is 3.14. The lowest BCUT2D eigenvalue weighted by molar-refractivity contribution is -0.117. The molecule has 5 heteroatoms. The largest absolute Gasteiger partial charge is 0.495 e. The molecule has 0 aliphatic heterocycles. The first-order chi connectivity index (χ1) is 10.5. The number of carboxylic acid groups (broad SMARTS) is 1. The number of hydrogen-bond donors (Lipinski definition) is 2. The molecule has 22 heavy (non-hydrogen) atoms. The van der Waals surface area contributed by atoms with Crippen molar-refractivity contribution in [2.24, 2.45) is 11.8 Å². The molecule has 0 aromatic heterocycles. The van der Waals surface area contributed by atoms with Crippen LogP contribution in [0.2, 0.25) is 0 Å². The fraction of sp³-hybridized carbons (Fsp3) is 0.529. The van der Waals surface area contributed by atoms with Gasteiger partial charge in [0.05, 0.1) is 18.4 Å². The van der Waals surface area contributed by atoms with Crippen LogP contribution in [0.1, 0.15) is 49.4 Å². The molecule has 0 heterocycles. The van der Waals surface area contributed by atoms with E-state index in [9.17, 15) is 9.59 Å². The van der Waals surface area contributed by atoms with Gasteiger partial charge in [-0.3, -0.25) is 4.79 Å². The van der Waals surface area contributed by atoms with Crippen LogP contribution in [0.3, 0.4) is 0 Å². The number of aromatic carboxylic acids is 1. The quantitative estimate of drug-likeness (QED) is 0.872. The highest BCUT2D eigenvalue weighted by Gasteiger charge is 2.22. The number of carbonyl (C=O) groups is 2. The van der Waals surface area contributed by atoms with Gasteiger partial charge in [-0.1, -0.05) is 19.8 Å². The van der Waals surface area contributed by atoms with E-state index >= 15 is 0 Å². The lowest BCUT2D eigenvalue weighted by atomic mass is 9.81. The number of amides is 1. The smallest absolute Gasteiger partial charge is 0.335 e. The molecule has 2 rings (SSSR count). The molecule has 2 atom stereocenters. The van der Waals surface area contributed by atoms with Crippen LogP contribution >= 0.6 is 0 Å². The Kier molecular flexibility index (Phi) is 5.41. The number of nitrogens with one attached hydrogen (secondary N) is 1. The Balaban J connectivity index is 2.00. The van der Waals surface area contributed by atoms with Gasteiger partial charge >= 0.3 is 5.97 Å². The number of rotatable bonds is 5. The molecular weight excluding hydrogens is 282 g/mol. The van der Waals surface area contributed by atoms with Crippen molar-refractivity contribution in [1.82, 2.24) is 0 Å². The summed E-state index contributed by atoms with van der Waals surface area (Å²) >= 11 is 0. The van der Waals surface area contributed by atoms with Crippen LogP contribution in [-0.2, 0) is 4.79 Å². The van der Waals surface area contributed by atoms with Crippen molar-refractivity contribution in [3.63, 3.8) is 0 Å². The third-order valence-corrected chi connectivity index (χ3v) is 4.24. The van der Waals surface area contributed by atoms with Gasteiger partial charge in [-0.15, -0.1) is 0 Å². The number of carboxylic acids is 1. The second-order valence-electron chi connectivity index (χ2n) is 6.11. The Bertz CT molecular complexity index is 556. The highest BCUT2D eigenvalue weighted by atomic mass is 16.5. The molecule has 0 saturated heterocycles. The molecule has 2 N–H and O–H groups in total. The minimum Gasteiger partial charge on any atom is -0.495 e. The van der Waals surface area contributed by atoms with E-state index < -0.39 is 5.97 Å². The molecular formula is C17H23NO4. The van der Waals surface area contributed by atoms with Crippen molar-refractivity contribution in [1.29, 1.82) is 0 Å². The first-order valence-electron chi connectivity index (χ1n) is 7.70. The van der Waals surface area contributed by atoms with E-state index in [-0.39, 0.29) is 11.5 Å². The monoisotopic (exact) mass is 305 g/mol. The van der Waals surface area contributed by atoms with Crippen LogP contribution in [0, 0.1) is 11.8 Å². The normalized spacial score (nSPS) is 21.2. The van der Waals surface area contributed by atoms with E-state index in [1.54, 1.807) is 6.07 Å². The first-order valence-corrected chi connectivity index (χ1v) is 7.70. The highest BCUT2D eigenvalue weighted by molar-refractivity contribution is 5.94. The van der Waals surface area contributed by atoms with Crippen LogP contribution in [0.25, 0.3) is 0 Å². The summed E-state index contributed by atoms with van der Waals surface area (Å²) < 4.78 is 5.17. The van der Waals surface area contributed by atoms with Gasteiger partial charge < -0.3 is 15.2 Å². The summed E-state index contributed by atoms with van der Waals surface area (Å²) in [5, 5.41) is 11.8. The third kappa shape index (κ3) is 4.23. The molecule has 1 aromatic rings. The molecule has 2 unspecified atom stereocenters. The number of benzene rings is 1. The number of carbonyl (C=O) groups excluding carboxylic acids is 1. The molecule has 1 amide bonds. The topological polar surface area (TPSA) is 75.6 Å². The predicted octanol–water partition coefficient (Wildman–Crippen LogP) is 3.55. The zero-order chi connectivity index (χ0) is 16.1. The standard InChI is InChI=1S/C17H23NO4/c1-11-4-3-5-12(8-11)9-16(19)18-14-7-6-13(17(20)21)10-15(14)22-2/h6-7,10-12H,3-5,8-9H2,1-2H3,(H,18,19)(H,20,21). The fourth-order valence-electron chi connectivity index (χ4n) is 3.14. The lowest BCUT2D eigenvalue weighted by Gasteiger charge is -2.26. The van der Waals surface area contributed by atoms with E-state index in [0.29, 0.717) is 29.7 Å². The van der Waals surface area contributed by atoms with Crippen molar-refractivity contribution in [3.05, 3.63) is 23.8 Å². The van der Waals surface area contributed by atoms with Crippen LogP contribution in [0.15, 0.2) is 18.2 Å².